The number of likely N-dealkylation sites (N-methyl/N-ethyl adjacent to an activating group) is 1. The highest BCUT2D eigenvalue weighted by atomic mass is 32.2. The van der Waals surface area contributed by atoms with Crippen LogP contribution in [0.4, 0.5) is 0 Å². The number of aliphatic carboxylic acids is 1. The minimum Gasteiger partial charge on any atom is -0.480 e. The third kappa shape index (κ3) is 42.8. The number of imide groups is 1. The van der Waals surface area contributed by atoms with Crippen LogP contribution in [0.2, 0.25) is 0 Å². The second-order valence-corrected chi connectivity index (χ2v) is 24.7. The van der Waals surface area contributed by atoms with Crippen molar-refractivity contribution in [2.45, 2.75) is 230 Å². The Hall–Kier alpha value is -4.63. The molecular weight excluding hydrogens is 1080 g/mol. The van der Waals surface area contributed by atoms with Gasteiger partial charge in [0.2, 0.25) is 42.9 Å². The van der Waals surface area contributed by atoms with Crippen LogP contribution in [0.15, 0.2) is 30.3 Å². The van der Waals surface area contributed by atoms with Gasteiger partial charge in [-0.05, 0) is 98.3 Å². The highest BCUT2D eigenvalue weighted by Crippen LogP contribution is 2.53. The number of amides is 7. The van der Waals surface area contributed by atoms with Crippen molar-refractivity contribution in [3.8, 4) is 0 Å². The Kier molecular flexibility index (Phi) is 55.5. The van der Waals surface area contributed by atoms with Gasteiger partial charge in [-0.3, -0.25) is 49.7 Å². The molecule has 1 heterocycles. The first-order valence-corrected chi connectivity index (χ1v) is 31.3. The number of nitrogens with two attached hydrogens (primary N) is 2. The Labute approximate surface area is 508 Å². The van der Waals surface area contributed by atoms with Gasteiger partial charge in [-0.25, -0.2) is 4.79 Å². The molecule has 1 saturated carbocycles. The maximum Gasteiger partial charge on any atom is 0.326 e. The molecule has 9 N–H and O–H groups in total. The first-order valence-electron chi connectivity index (χ1n) is 30.3. The number of carboxylic acids is 1. The second-order valence-electron chi connectivity index (χ2n) is 23.1. The molecule has 1 aromatic rings. The van der Waals surface area contributed by atoms with Crippen molar-refractivity contribution in [3.05, 3.63) is 35.9 Å². The first-order chi connectivity index (χ1) is 39.0. The van der Waals surface area contributed by atoms with Gasteiger partial charge in [0.1, 0.15) is 12.1 Å². The lowest BCUT2D eigenvalue weighted by molar-refractivity contribution is -0.140. The van der Waals surface area contributed by atoms with Crippen molar-refractivity contribution < 1.29 is 53.3 Å². The lowest BCUT2D eigenvalue weighted by Crippen LogP contribution is -2.48. The first kappa shape index (κ1) is 87.1. The number of nitrogens with one attached hydrogen (secondary N) is 3. The predicted octanol–water partition coefficient (Wildman–Crippen LogP) is 9.11. The summed E-state index contributed by atoms with van der Waals surface area (Å²) in [5, 5.41) is 21.6. The van der Waals surface area contributed by atoms with Crippen LogP contribution in [0.5, 0.6) is 0 Å². The highest BCUT2D eigenvalue weighted by molar-refractivity contribution is 7.99. The molecule has 1 aliphatic heterocycles. The van der Waals surface area contributed by atoms with E-state index in [2.05, 4.69) is 96.0 Å². The van der Waals surface area contributed by atoms with Crippen LogP contribution in [0, 0.1) is 40.9 Å². The lowest BCUT2D eigenvalue weighted by atomic mass is 9.87. The molecule has 10 unspecified atom stereocenters. The van der Waals surface area contributed by atoms with E-state index in [1.807, 2.05) is 78.8 Å². The topological polar surface area (TPSA) is 284 Å². The Morgan fingerprint density at radius 1 is 0.880 bits per heavy atom. The summed E-state index contributed by atoms with van der Waals surface area (Å²) in [6, 6.07) is 8.63. The Bertz CT molecular complexity index is 1830. The summed E-state index contributed by atoms with van der Waals surface area (Å²) in [5.74, 6) is 7.01. The summed E-state index contributed by atoms with van der Waals surface area (Å²) in [7, 11) is 6.56. The minimum atomic E-state index is -1.03. The number of benzene rings is 1. The predicted molar refractivity (Wildman–Crippen MR) is 342 cm³/mol. The van der Waals surface area contributed by atoms with E-state index < -0.39 is 24.0 Å². The Morgan fingerprint density at radius 3 is 1.81 bits per heavy atom. The zero-order chi connectivity index (χ0) is 65.4. The summed E-state index contributed by atoms with van der Waals surface area (Å²) in [6.07, 6.45) is 11.1. The van der Waals surface area contributed by atoms with Crippen LogP contribution in [0.25, 0.3) is 0 Å². The lowest BCUT2D eigenvalue weighted by Gasteiger charge is -2.31. The number of aliphatic hydroxyl groups is 1. The molecule has 7 amide bonds. The normalized spacial score (nSPS) is 17.3. The monoisotopic (exact) mass is 1200 g/mol. The molecule has 1 aliphatic carbocycles. The molecule has 3 rings (SSSR count). The molecule has 2 fully saturated rings. The number of carboxylic acid groups (broad SMARTS) is 1. The van der Waals surface area contributed by atoms with Crippen LogP contribution < -0.4 is 27.6 Å². The number of carbonyl (C=O) groups is 8. The number of hydrogen-bond donors (Lipinski definition) is 7. The molecule has 0 bridgehead atoms. The van der Waals surface area contributed by atoms with Gasteiger partial charge in [0.25, 0.3) is 0 Å². The fourth-order valence-electron chi connectivity index (χ4n) is 8.78. The van der Waals surface area contributed by atoms with Crippen molar-refractivity contribution in [2.75, 3.05) is 47.2 Å². The molecule has 10 atom stereocenters. The van der Waals surface area contributed by atoms with Gasteiger partial charge < -0.3 is 41.1 Å². The standard InChI is InChI=1S/C24H45N3O4S.C17H31NO2.C10H11NO3.C4H10O.C3H8.C2H5NO.C2H6.CH6N2/c1-18(2)22(23(25)31)26(7)20(29)12-9-8-10-14-27(17-28)21(30)16-19(3)32-15-11-13-24(4,5)6;1-7-10(2)12(4)15(20-6)9-16(19)18-11(3)8-14-13(5)17(14)18;12-7-11-9(10(13)14)6-8-4-2-1-3-5-8;1-4(2)3-5;1-3-2;1-3-2-4;1-2;1-3-2/h17-19,22H,8-16H2,1-7H3,(H2,25,31);10-15,17H,7-9H2,1-6H3;1-5,7,9H,6H2,(H,11,12)(H,13,14);4-5H,3H2,1-2H3;3H2,1-2H3;2H,1H3,(H,3,4);1-2H3;3H,2H2,1H3. The van der Waals surface area contributed by atoms with Gasteiger partial charge in [-0.15, -0.1) is 0 Å². The number of rotatable bonds is 29. The number of fused-ring (bicyclic) bond motifs is 1. The number of nitrogens with zero attached hydrogens (tertiary/aromatic N) is 3. The van der Waals surface area contributed by atoms with Crippen molar-refractivity contribution >= 4 is 60.6 Å². The molecule has 19 nitrogen and oxygen atoms in total. The Balaban J connectivity index is -0.000000337. The summed E-state index contributed by atoms with van der Waals surface area (Å²) in [6.45, 7) is 36.4. The van der Waals surface area contributed by atoms with E-state index in [-0.39, 0.29) is 29.1 Å². The number of methoxy groups -OCH3 is 1. The van der Waals surface area contributed by atoms with Crippen LogP contribution in [0.1, 0.15) is 194 Å². The largest absolute Gasteiger partial charge is 0.480 e. The van der Waals surface area contributed by atoms with E-state index in [1.165, 1.54) is 22.6 Å². The molecule has 2 aliphatic rings. The number of primary amides is 1. The summed E-state index contributed by atoms with van der Waals surface area (Å²) in [5.41, 5.74) is 8.87. The maximum atomic E-state index is 12.7. The smallest absolute Gasteiger partial charge is 0.326 e. The maximum absolute atomic E-state index is 12.7. The fourth-order valence-corrected chi connectivity index (χ4v) is 9.75. The average Bonchev–Trinajstić information content (AvgIpc) is 2.29. The fraction of sp³-hybridized carbons (Fsp3) is 0.778. The number of carbonyl (C=O) groups excluding carboxylic acids is 7. The number of hydrogen-bond acceptors (Lipinski definition) is 13. The Morgan fingerprint density at radius 2 is 1.41 bits per heavy atom. The van der Waals surface area contributed by atoms with E-state index in [4.69, 9.17) is 25.5 Å². The van der Waals surface area contributed by atoms with Crippen molar-refractivity contribution in [1.29, 1.82) is 0 Å². The van der Waals surface area contributed by atoms with Crippen molar-refractivity contribution in [1.82, 2.24) is 30.8 Å². The molecule has 20 heteroatoms. The van der Waals surface area contributed by atoms with Gasteiger partial charge in [0.05, 0.1) is 12.5 Å². The summed E-state index contributed by atoms with van der Waals surface area (Å²) >= 11 is 1.78. The van der Waals surface area contributed by atoms with Crippen LogP contribution in [-0.4, -0.2) is 156 Å². The van der Waals surface area contributed by atoms with Crippen molar-refractivity contribution in [3.63, 3.8) is 0 Å². The van der Waals surface area contributed by atoms with Gasteiger partial charge in [-0.1, -0.05) is 160 Å². The molecular formula is C63H122N8O11S. The number of thioether (sulfide) groups is 1. The van der Waals surface area contributed by atoms with Crippen LogP contribution in [0.3, 0.4) is 0 Å². The SMILES string of the molecule is CC.CC(C)CO.CC(CC(=O)N(C=O)CCCCCC(=O)N(C)C(C(N)=O)C(C)C)SCCCC(C)(C)C.CCC.CCC(C)C(C)C(CC(=O)N1C(C)CC2C(C)C21)OC.CNC=O.CNN.O=CNC(Cc1ccccc1)C(=O)O. The van der Waals surface area contributed by atoms with E-state index in [1.54, 1.807) is 40.0 Å². The number of likely N-dealkylation sites (tertiary alicyclic amines) is 1. The molecule has 486 valence electrons. The quantitative estimate of drug-likeness (QED) is 0.0170. The van der Waals surface area contributed by atoms with Gasteiger partial charge in [-0.2, -0.15) is 11.8 Å². The number of unbranched alkanes of at least 4 members (excludes halogenated alkanes) is 2. The third-order valence-corrected chi connectivity index (χ3v) is 15.0. The van der Waals surface area contributed by atoms with Gasteiger partial charge >= 0.3 is 5.97 Å². The highest BCUT2D eigenvalue weighted by Gasteiger charge is 2.58. The van der Waals surface area contributed by atoms with Gasteiger partial charge in [0.15, 0.2) is 0 Å². The molecule has 1 saturated heterocycles. The molecule has 0 spiro atoms. The number of ether oxygens (including phenoxy) is 1. The van der Waals surface area contributed by atoms with Crippen LogP contribution in [-0.2, 0) is 49.5 Å². The van der Waals surface area contributed by atoms with E-state index >= 15 is 0 Å². The summed E-state index contributed by atoms with van der Waals surface area (Å²) in [4.78, 5) is 95.1. The van der Waals surface area contributed by atoms with E-state index in [9.17, 15) is 33.6 Å². The second kappa shape index (κ2) is 52.9. The molecule has 0 aromatic heterocycles. The number of hydrazine groups is 1. The van der Waals surface area contributed by atoms with E-state index in [0.717, 1.165) is 42.9 Å². The summed E-state index contributed by atoms with van der Waals surface area (Å²) < 4.78 is 5.63. The van der Waals surface area contributed by atoms with Crippen molar-refractivity contribution in [2.24, 2.45) is 52.5 Å². The van der Waals surface area contributed by atoms with Crippen LogP contribution >= 0.6 is 11.8 Å². The average molecular weight is 1200 g/mol. The number of aliphatic hydroxyl groups excluding tert-OH is 1. The molecule has 0 radical (unpaired) electrons. The van der Waals surface area contributed by atoms with E-state index in [0.29, 0.717) is 118 Å². The minimum absolute atomic E-state index is 0.0485. The zero-order valence-electron chi connectivity index (χ0n) is 55.6. The molecule has 83 heavy (non-hydrogen) atoms. The zero-order valence-corrected chi connectivity index (χ0v) is 56.4. The molecule has 1 aromatic carbocycles. The van der Waals surface area contributed by atoms with Gasteiger partial charge in [0, 0.05) is 71.0 Å². The number of piperidine rings is 1. The third-order valence-electron chi connectivity index (χ3n) is 13.8.